The molecule has 0 aliphatic carbocycles. The van der Waals surface area contributed by atoms with Gasteiger partial charge in [0.05, 0.1) is 11.2 Å². The molecule has 0 N–H and O–H groups in total. The lowest BCUT2D eigenvalue weighted by atomic mass is 10.0. The maximum Gasteiger partial charge on any atom is 0.0570 e. The zero-order chi connectivity index (χ0) is 44.4. The molecular weight excluding hydrogens is 849 g/mol. The van der Waals surface area contributed by atoms with Crippen LogP contribution in [-0.2, 0) is 0 Å². The topological polar surface area (TPSA) is 8.17 Å². The van der Waals surface area contributed by atoms with Crippen molar-refractivity contribution in [2.45, 2.75) is 6.92 Å². The maximum atomic E-state index is 2.41. The summed E-state index contributed by atoms with van der Waals surface area (Å²) in [6, 6.07) is 86.8. The second kappa shape index (κ2) is 16.1. The lowest BCUT2D eigenvalue weighted by Crippen LogP contribution is -2.09. The van der Waals surface area contributed by atoms with Crippen LogP contribution < -0.4 is 4.90 Å². The van der Waals surface area contributed by atoms with Gasteiger partial charge >= 0.3 is 0 Å². The molecule has 3 heterocycles. The number of anilines is 3. The molecule has 0 aliphatic rings. The van der Waals surface area contributed by atoms with E-state index in [1.807, 2.05) is 22.7 Å². The molecule has 67 heavy (non-hydrogen) atoms. The highest BCUT2D eigenvalue weighted by atomic mass is 32.1. The van der Waals surface area contributed by atoms with Gasteiger partial charge in [-0.1, -0.05) is 146 Å². The Hall–Kier alpha value is -8.02. The molecule has 0 amide bonds. The Morgan fingerprint density at radius 3 is 1.21 bits per heavy atom. The average Bonchev–Trinajstić information content (AvgIpc) is 4.06. The van der Waals surface area contributed by atoms with Crippen LogP contribution in [0.1, 0.15) is 5.56 Å². The zero-order valence-corrected chi connectivity index (χ0v) is 38.4. The van der Waals surface area contributed by atoms with Gasteiger partial charge in [0.1, 0.15) is 0 Å². The van der Waals surface area contributed by atoms with Crippen molar-refractivity contribution in [3.63, 3.8) is 0 Å². The molecule has 3 aromatic heterocycles. The number of para-hydroxylation sites is 1. The van der Waals surface area contributed by atoms with Gasteiger partial charge in [-0.05, 0) is 142 Å². The van der Waals surface area contributed by atoms with Crippen molar-refractivity contribution in [3.05, 3.63) is 242 Å². The van der Waals surface area contributed by atoms with E-state index >= 15 is 0 Å². The predicted molar refractivity (Wildman–Crippen MR) is 290 cm³/mol. The lowest BCUT2D eigenvalue weighted by molar-refractivity contribution is 1.13. The highest BCUT2D eigenvalue weighted by Crippen LogP contribution is 2.42. The standard InChI is InChI=1S/C63H42N2S2/c1-41-53-13-5-8-16-58(53)65(63(41)46-11-3-2-4-12-46)52-35-21-43(22-36-52)42-19-29-49(30-20-42)64(50-31-23-44(24-32-50)47-27-37-61-56(39-47)54-14-6-9-17-59(54)66-61)51-33-25-45(26-34-51)48-28-38-62-57(40-48)55-15-7-10-18-60(55)67-62/h2-40H,1H3. The third kappa shape index (κ3) is 6.84. The predicted octanol–water partition coefficient (Wildman–Crippen LogP) is 18.8. The molecule has 0 unspecified atom stereocenters. The number of hydrogen-bond donors (Lipinski definition) is 0. The van der Waals surface area contributed by atoms with E-state index in [1.54, 1.807) is 0 Å². The molecular formula is C63H42N2S2. The van der Waals surface area contributed by atoms with Crippen molar-refractivity contribution in [2.75, 3.05) is 4.90 Å². The second-order valence-corrected chi connectivity index (χ2v) is 19.5. The summed E-state index contributed by atoms with van der Waals surface area (Å²) in [7, 11) is 0. The summed E-state index contributed by atoms with van der Waals surface area (Å²) < 4.78 is 7.70. The van der Waals surface area contributed by atoms with E-state index in [2.05, 4.69) is 253 Å². The fourth-order valence-corrected chi connectivity index (χ4v) is 12.3. The quantitative estimate of drug-likeness (QED) is 0.148. The summed E-state index contributed by atoms with van der Waals surface area (Å²) in [5, 5.41) is 6.54. The van der Waals surface area contributed by atoms with Gasteiger partial charge in [0, 0.05) is 68.5 Å². The number of thiophene rings is 2. The molecule has 0 aliphatic heterocycles. The molecule has 10 aromatic carbocycles. The smallest absolute Gasteiger partial charge is 0.0570 e. The average molecular weight is 891 g/mol. The summed E-state index contributed by atoms with van der Waals surface area (Å²) in [6.45, 7) is 2.24. The number of aromatic nitrogens is 1. The Bertz CT molecular complexity index is 3790. The van der Waals surface area contributed by atoms with Crippen molar-refractivity contribution in [1.82, 2.24) is 4.57 Å². The molecule has 0 fully saturated rings. The van der Waals surface area contributed by atoms with Gasteiger partial charge in [-0.2, -0.15) is 0 Å². The molecule has 0 atom stereocenters. The summed E-state index contributed by atoms with van der Waals surface area (Å²) in [5.74, 6) is 0. The Labute approximate surface area is 397 Å². The fraction of sp³-hybridized carbons (Fsp3) is 0.0159. The van der Waals surface area contributed by atoms with Crippen LogP contribution in [0.15, 0.2) is 237 Å². The number of fused-ring (bicyclic) bond motifs is 7. The molecule has 0 saturated heterocycles. The van der Waals surface area contributed by atoms with Crippen molar-refractivity contribution in [2.24, 2.45) is 0 Å². The Balaban J connectivity index is 0.853. The number of rotatable bonds is 8. The van der Waals surface area contributed by atoms with Crippen LogP contribution in [0.25, 0.3) is 102 Å². The summed E-state index contributed by atoms with van der Waals surface area (Å²) >= 11 is 3.72. The van der Waals surface area contributed by atoms with Crippen molar-refractivity contribution in [1.29, 1.82) is 0 Å². The molecule has 2 nitrogen and oxygen atoms in total. The Morgan fingerprint density at radius 2 is 0.701 bits per heavy atom. The first kappa shape index (κ1) is 39.4. The van der Waals surface area contributed by atoms with Crippen molar-refractivity contribution in [3.8, 4) is 50.3 Å². The molecule has 0 bridgehead atoms. The first-order chi connectivity index (χ1) is 33.1. The van der Waals surface area contributed by atoms with Gasteiger partial charge in [-0.25, -0.2) is 0 Å². The monoisotopic (exact) mass is 890 g/mol. The summed E-state index contributed by atoms with van der Waals surface area (Å²) in [4.78, 5) is 2.37. The first-order valence-electron chi connectivity index (χ1n) is 22.8. The zero-order valence-electron chi connectivity index (χ0n) is 36.7. The SMILES string of the molecule is Cc1c(-c2ccccc2)n(-c2ccc(-c3ccc(N(c4ccc(-c5ccc6sc7ccccc7c6c5)cc4)c4ccc(-c5ccc6sc7ccccc7c6c5)cc4)cc3)cc2)c2ccccc12. The van der Waals surface area contributed by atoms with Crippen LogP contribution in [0.5, 0.6) is 0 Å². The molecule has 13 rings (SSSR count). The molecule has 316 valence electrons. The summed E-state index contributed by atoms with van der Waals surface area (Å²) in [6.07, 6.45) is 0. The van der Waals surface area contributed by atoms with E-state index < -0.39 is 0 Å². The van der Waals surface area contributed by atoms with E-state index in [0.717, 1.165) is 22.7 Å². The van der Waals surface area contributed by atoms with Gasteiger partial charge in [0.25, 0.3) is 0 Å². The van der Waals surface area contributed by atoms with Gasteiger partial charge < -0.3 is 9.47 Å². The van der Waals surface area contributed by atoms with Crippen molar-refractivity contribution < 1.29 is 0 Å². The van der Waals surface area contributed by atoms with Crippen molar-refractivity contribution >= 4 is 91.0 Å². The van der Waals surface area contributed by atoms with Crippen LogP contribution >= 0.6 is 22.7 Å². The van der Waals surface area contributed by atoms with E-state index in [4.69, 9.17) is 0 Å². The van der Waals surface area contributed by atoms with Crippen LogP contribution in [0.3, 0.4) is 0 Å². The number of hydrogen-bond acceptors (Lipinski definition) is 3. The lowest BCUT2D eigenvalue weighted by Gasteiger charge is -2.26. The Morgan fingerprint density at radius 1 is 0.313 bits per heavy atom. The number of nitrogens with zero attached hydrogens (tertiary/aromatic N) is 2. The fourth-order valence-electron chi connectivity index (χ4n) is 10.1. The van der Waals surface area contributed by atoms with Gasteiger partial charge in [0.15, 0.2) is 0 Å². The van der Waals surface area contributed by atoms with Gasteiger partial charge in [-0.3, -0.25) is 0 Å². The van der Waals surface area contributed by atoms with E-state index in [9.17, 15) is 0 Å². The Kier molecular flexibility index (Phi) is 9.48. The minimum Gasteiger partial charge on any atom is -0.311 e. The number of aryl methyl sites for hydroxylation is 1. The highest BCUT2D eigenvalue weighted by molar-refractivity contribution is 7.26. The van der Waals surface area contributed by atoms with E-state index in [0.29, 0.717) is 0 Å². The second-order valence-electron chi connectivity index (χ2n) is 17.3. The van der Waals surface area contributed by atoms with Gasteiger partial charge in [0.2, 0.25) is 0 Å². The molecule has 4 heteroatoms. The largest absolute Gasteiger partial charge is 0.311 e. The molecule has 0 spiro atoms. The van der Waals surface area contributed by atoms with E-state index in [-0.39, 0.29) is 0 Å². The minimum atomic E-state index is 1.10. The minimum absolute atomic E-state index is 1.10. The summed E-state index contributed by atoms with van der Waals surface area (Å²) in [5.41, 5.74) is 16.6. The molecule has 0 radical (unpaired) electrons. The molecule has 0 saturated carbocycles. The van der Waals surface area contributed by atoms with Crippen LogP contribution in [-0.4, -0.2) is 4.57 Å². The first-order valence-corrected chi connectivity index (χ1v) is 24.4. The van der Waals surface area contributed by atoms with Gasteiger partial charge in [-0.15, -0.1) is 22.7 Å². The normalized spacial score (nSPS) is 11.7. The van der Waals surface area contributed by atoms with E-state index in [1.165, 1.54) is 101 Å². The third-order valence-electron chi connectivity index (χ3n) is 13.4. The highest BCUT2D eigenvalue weighted by Gasteiger charge is 2.18. The molecule has 13 aromatic rings. The maximum absolute atomic E-state index is 2.41. The van der Waals surface area contributed by atoms with Crippen LogP contribution in [0.4, 0.5) is 17.1 Å². The third-order valence-corrected chi connectivity index (χ3v) is 15.7. The van der Waals surface area contributed by atoms with Crippen LogP contribution in [0, 0.1) is 6.92 Å². The van der Waals surface area contributed by atoms with Crippen LogP contribution in [0.2, 0.25) is 0 Å². The number of benzene rings is 10.